The number of carbonyl (C=O) groups excluding carboxylic acids is 1. The van der Waals surface area contributed by atoms with Crippen LogP contribution >= 0.6 is 34.4 Å². The Hall–Kier alpha value is -3.01. The third kappa shape index (κ3) is 5.17. The van der Waals surface area contributed by atoms with Gasteiger partial charge in [0, 0.05) is 33.6 Å². The number of anilines is 1. The van der Waals surface area contributed by atoms with Gasteiger partial charge in [-0.1, -0.05) is 24.8 Å². The standard InChI is InChI=1S/C26H25N5OS3/c1-4-20-13-18(14-33-20)24-29-30-26(31(24)5-2)34-15-23(32)27-19-9-7-17(8-10-19)25-28-21-11-6-16(3)12-22(21)35-25/h6-14H,4-5,15H2,1-3H3,(H,27,32). The zero-order valence-electron chi connectivity index (χ0n) is 19.7. The van der Waals surface area contributed by atoms with Crippen LogP contribution in [0.5, 0.6) is 0 Å². The largest absolute Gasteiger partial charge is 0.325 e. The Morgan fingerprint density at radius 3 is 2.63 bits per heavy atom. The molecular formula is C26H25N5OS3. The van der Waals surface area contributed by atoms with Crippen LogP contribution in [0.15, 0.2) is 59.1 Å². The molecule has 0 saturated heterocycles. The number of thiazole rings is 1. The van der Waals surface area contributed by atoms with Crippen molar-refractivity contribution in [3.8, 4) is 22.0 Å². The van der Waals surface area contributed by atoms with Gasteiger partial charge in [-0.05, 0) is 68.3 Å². The second kappa shape index (κ2) is 10.3. The SMILES string of the molecule is CCc1cc(-c2nnc(SCC(=O)Nc3ccc(-c4nc5ccc(C)cc5s4)cc3)n2CC)cs1. The van der Waals surface area contributed by atoms with Gasteiger partial charge in [-0.3, -0.25) is 4.79 Å². The first-order chi connectivity index (χ1) is 17.0. The molecule has 3 heterocycles. The normalized spacial score (nSPS) is 11.3. The highest BCUT2D eigenvalue weighted by Gasteiger charge is 2.16. The summed E-state index contributed by atoms with van der Waals surface area (Å²) in [6.45, 7) is 7.05. The molecule has 9 heteroatoms. The van der Waals surface area contributed by atoms with Gasteiger partial charge in [-0.25, -0.2) is 4.98 Å². The number of hydrogen-bond donors (Lipinski definition) is 1. The molecule has 178 valence electrons. The van der Waals surface area contributed by atoms with Crippen LogP contribution in [0.2, 0.25) is 0 Å². The number of nitrogens with one attached hydrogen (secondary N) is 1. The smallest absolute Gasteiger partial charge is 0.234 e. The molecule has 0 aliphatic heterocycles. The third-order valence-electron chi connectivity index (χ3n) is 5.59. The average Bonchev–Trinajstić information content (AvgIpc) is 3.60. The lowest BCUT2D eigenvalue weighted by Gasteiger charge is -2.07. The second-order valence-corrected chi connectivity index (χ2v) is 11.1. The summed E-state index contributed by atoms with van der Waals surface area (Å²) in [6.07, 6.45) is 1.01. The molecule has 0 atom stereocenters. The van der Waals surface area contributed by atoms with E-state index < -0.39 is 0 Å². The molecule has 3 aromatic heterocycles. The van der Waals surface area contributed by atoms with Gasteiger partial charge in [0.2, 0.25) is 5.91 Å². The molecule has 0 radical (unpaired) electrons. The van der Waals surface area contributed by atoms with Crippen LogP contribution in [0.3, 0.4) is 0 Å². The summed E-state index contributed by atoms with van der Waals surface area (Å²) in [5, 5.41) is 15.6. The van der Waals surface area contributed by atoms with Crippen molar-refractivity contribution in [2.75, 3.05) is 11.1 Å². The Labute approximate surface area is 216 Å². The monoisotopic (exact) mass is 519 g/mol. The van der Waals surface area contributed by atoms with Gasteiger partial charge < -0.3 is 9.88 Å². The molecule has 0 spiro atoms. The van der Waals surface area contributed by atoms with Gasteiger partial charge in [0.05, 0.1) is 16.0 Å². The molecule has 1 N–H and O–H groups in total. The minimum Gasteiger partial charge on any atom is -0.325 e. The molecule has 0 fully saturated rings. The van der Waals surface area contributed by atoms with Gasteiger partial charge in [-0.15, -0.1) is 32.9 Å². The number of rotatable bonds is 8. The first-order valence-corrected chi connectivity index (χ1v) is 14.1. The predicted molar refractivity (Wildman–Crippen MR) is 148 cm³/mol. The van der Waals surface area contributed by atoms with E-state index in [2.05, 4.69) is 70.5 Å². The number of hydrogen-bond acceptors (Lipinski definition) is 7. The summed E-state index contributed by atoms with van der Waals surface area (Å²) in [4.78, 5) is 18.7. The molecule has 2 aromatic carbocycles. The van der Waals surface area contributed by atoms with Crippen molar-refractivity contribution in [1.29, 1.82) is 0 Å². The molecule has 0 saturated carbocycles. The Bertz CT molecular complexity index is 1480. The van der Waals surface area contributed by atoms with Crippen LogP contribution in [-0.4, -0.2) is 31.4 Å². The Kier molecular flexibility index (Phi) is 6.99. The summed E-state index contributed by atoms with van der Waals surface area (Å²) >= 11 is 4.82. The van der Waals surface area contributed by atoms with Gasteiger partial charge in [0.25, 0.3) is 0 Å². The highest BCUT2D eigenvalue weighted by atomic mass is 32.2. The van der Waals surface area contributed by atoms with E-state index in [4.69, 9.17) is 4.98 Å². The Morgan fingerprint density at radius 2 is 1.89 bits per heavy atom. The Balaban J connectivity index is 1.22. The van der Waals surface area contributed by atoms with Gasteiger partial charge in [-0.2, -0.15) is 0 Å². The second-order valence-electron chi connectivity index (χ2n) is 8.11. The first kappa shape index (κ1) is 23.7. The van der Waals surface area contributed by atoms with Crippen LogP contribution in [0.1, 0.15) is 24.3 Å². The minimum atomic E-state index is -0.0748. The number of aromatic nitrogens is 4. The van der Waals surface area contributed by atoms with Crippen LogP contribution in [0, 0.1) is 6.92 Å². The van der Waals surface area contributed by atoms with Crippen molar-refractivity contribution in [1.82, 2.24) is 19.7 Å². The summed E-state index contributed by atoms with van der Waals surface area (Å²) in [5.74, 6) is 1.04. The number of nitrogens with zero attached hydrogens (tertiary/aromatic N) is 4. The van der Waals surface area contributed by atoms with Crippen LogP contribution < -0.4 is 5.32 Å². The van der Waals surface area contributed by atoms with E-state index in [1.54, 1.807) is 22.7 Å². The van der Waals surface area contributed by atoms with Gasteiger partial charge in [0.1, 0.15) is 5.01 Å². The summed E-state index contributed by atoms with van der Waals surface area (Å²) in [6, 6.07) is 16.3. The maximum atomic E-state index is 12.6. The van der Waals surface area contributed by atoms with E-state index in [0.717, 1.165) is 51.3 Å². The highest BCUT2D eigenvalue weighted by Crippen LogP contribution is 2.32. The maximum Gasteiger partial charge on any atom is 0.234 e. The van der Waals surface area contributed by atoms with Crippen molar-refractivity contribution in [2.24, 2.45) is 0 Å². The van der Waals surface area contributed by atoms with E-state index >= 15 is 0 Å². The summed E-state index contributed by atoms with van der Waals surface area (Å²) in [5.41, 5.74) is 5.13. The third-order valence-corrected chi connectivity index (χ3v) is 8.70. The maximum absolute atomic E-state index is 12.6. The van der Waals surface area contributed by atoms with Crippen LogP contribution in [-0.2, 0) is 17.8 Å². The molecule has 0 bridgehead atoms. The predicted octanol–water partition coefficient (Wildman–Crippen LogP) is 6.90. The van der Waals surface area contributed by atoms with Gasteiger partial charge in [0.15, 0.2) is 11.0 Å². The molecule has 5 aromatic rings. The number of fused-ring (bicyclic) bond motifs is 1. The molecule has 6 nitrogen and oxygen atoms in total. The fourth-order valence-electron chi connectivity index (χ4n) is 3.76. The molecule has 0 aliphatic rings. The zero-order chi connectivity index (χ0) is 24.4. The lowest BCUT2D eigenvalue weighted by Crippen LogP contribution is -2.14. The molecule has 5 rings (SSSR count). The average molecular weight is 520 g/mol. The minimum absolute atomic E-state index is 0.0748. The van der Waals surface area contributed by atoms with E-state index in [1.807, 2.05) is 24.3 Å². The number of aryl methyl sites for hydroxylation is 2. The fraction of sp³-hybridized carbons (Fsp3) is 0.231. The number of thiophene rings is 1. The summed E-state index contributed by atoms with van der Waals surface area (Å²) in [7, 11) is 0. The van der Waals surface area contributed by atoms with Crippen molar-refractivity contribution >= 4 is 56.2 Å². The molecular weight excluding hydrogens is 495 g/mol. The topological polar surface area (TPSA) is 72.7 Å². The van der Waals surface area contributed by atoms with Crippen LogP contribution in [0.4, 0.5) is 5.69 Å². The van der Waals surface area contributed by atoms with E-state index in [1.165, 1.54) is 26.9 Å². The zero-order valence-corrected chi connectivity index (χ0v) is 22.2. The van der Waals surface area contributed by atoms with Gasteiger partial charge >= 0.3 is 0 Å². The fourth-order valence-corrected chi connectivity index (χ4v) is 6.44. The van der Waals surface area contributed by atoms with Crippen molar-refractivity contribution in [2.45, 2.75) is 38.9 Å². The summed E-state index contributed by atoms with van der Waals surface area (Å²) < 4.78 is 3.25. The van der Waals surface area contributed by atoms with E-state index in [0.29, 0.717) is 0 Å². The quantitative estimate of drug-likeness (QED) is 0.226. The Morgan fingerprint density at radius 1 is 1.06 bits per heavy atom. The molecule has 0 aliphatic carbocycles. The molecule has 0 unspecified atom stereocenters. The number of carbonyl (C=O) groups is 1. The van der Waals surface area contributed by atoms with Crippen molar-refractivity contribution < 1.29 is 4.79 Å². The van der Waals surface area contributed by atoms with E-state index in [9.17, 15) is 4.79 Å². The van der Waals surface area contributed by atoms with E-state index in [-0.39, 0.29) is 11.7 Å². The first-order valence-electron chi connectivity index (χ1n) is 11.4. The number of benzene rings is 2. The lowest BCUT2D eigenvalue weighted by molar-refractivity contribution is -0.113. The number of amides is 1. The molecule has 1 amide bonds. The number of thioether (sulfide) groups is 1. The van der Waals surface area contributed by atoms with Crippen molar-refractivity contribution in [3.63, 3.8) is 0 Å². The van der Waals surface area contributed by atoms with Crippen molar-refractivity contribution in [3.05, 3.63) is 64.4 Å². The lowest BCUT2D eigenvalue weighted by atomic mass is 10.2. The van der Waals surface area contributed by atoms with Crippen LogP contribution in [0.25, 0.3) is 32.2 Å². The molecule has 35 heavy (non-hydrogen) atoms. The highest BCUT2D eigenvalue weighted by molar-refractivity contribution is 7.99.